The molecule has 1 atom stereocenters. The summed E-state index contributed by atoms with van der Waals surface area (Å²) >= 11 is 0. The molecule has 4 rings (SSSR count). The van der Waals surface area contributed by atoms with Crippen molar-refractivity contribution in [2.75, 3.05) is 0 Å². The van der Waals surface area contributed by atoms with Gasteiger partial charge in [-0.25, -0.2) is 22.8 Å². The van der Waals surface area contributed by atoms with E-state index in [0.717, 1.165) is 44.5 Å². The van der Waals surface area contributed by atoms with Gasteiger partial charge < -0.3 is 4.57 Å². The molecule has 1 aliphatic rings. The van der Waals surface area contributed by atoms with E-state index in [1.807, 2.05) is 4.57 Å². The number of nitrogens with zero attached hydrogens (tertiary/aromatic N) is 4. The van der Waals surface area contributed by atoms with Gasteiger partial charge in [-0.2, -0.15) is 23.2 Å². The zero-order chi connectivity index (χ0) is 24.7. The lowest BCUT2D eigenvalue weighted by molar-refractivity contribution is -0.147. The molecular formula is C22H21F4N5O2S. The lowest BCUT2D eigenvalue weighted by Gasteiger charge is -2.26. The second kappa shape index (κ2) is 8.96. The van der Waals surface area contributed by atoms with Crippen LogP contribution in [0, 0.1) is 17.1 Å². The fraction of sp³-hybridized carbons (Fsp3) is 0.409. The Morgan fingerprint density at radius 3 is 2.41 bits per heavy atom. The number of sulfonamides is 1. The van der Waals surface area contributed by atoms with Crippen molar-refractivity contribution in [3.8, 4) is 17.6 Å². The molecule has 1 aliphatic carbocycles. The topological polar surface area (TPSA) is 101 Å². The van der Waals surface area contributed by atoms with Gasteiger partial charge in [0, 0.05) is 11.4 Å². The van der Waals surface area contributed by atoms with Crippen LogP contribution in [0.5, 0.6) is 0 Å². The summed E-state index contributed by atoms with van der Waals surface area (Å²) in [4.78, 5) is 7.63. The minimum Gasteiger partial charge on any atom is -0.334 e. The number of rotatable bonds is 5. The van der Waals surface area contributed by atoms with Crippen molar-refractivity contribution in [3.63, 3.8) is 0 Å². The lowest BCUT2D eigenvalue weighted by Crippen LogP contribution is -2.43. The first-order valence-electron chi connectivity index (χ1n) is 10.7. The Morgan fingerprint density at radius 2 is 1.82 bits per heavy atom. The molecule has 0 radical (unpaired) electrons. The predicted molar refractivity (Wildman–Crippen MR) is 116 cm³/mol. The van der Waals surface area contributed by atoms with Gasteiger partial charge in [0.25, 0.3) is 0 Å². The summed E-state index contributed by atoms with van der Waals surface area (Å²) in [6.07, 6.45) is 1.65. The maximum atomic E-state index is 14.1. The van der Waals surface area contributed by atoms with E-state index in [4.69, 9.17) is 0 Å². The Balaban J connectivity index is 1.82. The van der Waals surface area contributed by atoms with Crippen molar-refractivity contribution in [1.82, 2.24) is 19.3 Å². The Kier molecular flexibility index (Phi) is 6.35. The van der Waals surface area contributed by atoms with Crippen LogP contribution >= 0.6 is 0 Å². The number of benzene rings is 1. The van der Waals surface area contributed by atoms with E-state index < -0.39 is 33.0 Å². The molecule has 0 amide bonds. The summed E-state index contributed by atoms with van der Waals surface area (Å²) in [7, 11) is -4.53. The molecule has 0 saturated heterocycles. The highest BCUT2D eigenvalue weighted by Gasteiger charge is 2.39. The third kappa shape index (κ3) is 4.50. The number of hydrogen-bond donors (Lipinski definition) is 1. The molecule has 12 heteroatoms. The zero-order valence-corrected chi connectivity index (χ0v) is 18.9. The summed E-state index contributed by atoms with van der Waals surface area (Å²) in [6.45, 7) is 0.688. The van der Waals surface area contributed by atoms with Crippen LogP contribution in [0.25, 0.3) is 22.4 Å². The van der Waals surface area contributed by atoms with Crippen molar-refractivity contribution in [2.24, 2.45) is 0 Å². The first-order valence-corrected chi connectivity index (χ1v) is 12.2. The largest absolute Gasteiger partial charge is 0.404 e. The van der Waals surface area contributed by atoms with Crippen LogP contribution in [0.15, 0.2) is 35.5 Å². The quantitative estimate of drug-likeness (QED) is 0.511. The maximum absolute atomic E-state index is 14.1. The minimum absolute atomic E-state index is 0.0292. The number of hydrogen-bond acceptors (Lipinski definition) is 5. The molecule has 1 fully saturated rings. The average molecular weight is 496 g/mol. The van der Waals surface area contributed by atoms with Gasteiger partial charge in [0.05, 0.1) is 23.5 Å². The number of fused-ring (bicyclic) bond motifs is 1. The van der Waals surface area contributed by atoms with E-state index in [2.05, 4.69) is 16.0 Å². The van der Waals surface area contributed by atoms with Crippen molar-refractivity contribution in [1.29, 1.82) is 5.26 Å². The van der Waals surface area contributed by atoms with Crippen molar-refractivity contribution in [3.05, 3.63) is 42.0 Å². The smallest absolute Gasteiger partial charge is 0.334 e. The molecule has 1 N–H and O–H groups in total. The minimum atomic E-state index is -4.76. The van der Waals surface area contributed by atoms with Crippen molar-refractivity contribution >= 4 is 20.9 Å². The van der Waals surface area contributed by atoms with E-state index in [-0.39, 0.29) is 17.4 Å². The Hall–Kier alpha value is -3.04. The Bertz CT molecular complexity index is 1360. The summed E-state index contributed by atoms with van der Waals surface area (Å²) < 4.78 is 80.6. The fourth-order valence-corrected chi connectivity index (χ4v) is 5.40. The van der Waals surface area contributed by atoms with E-state index in [1.54, 1.807) is 4.72 Å². The molecule has 1 unspecified atom stereocenters. The second-order valence-corrected chi connectivity index (χ2v) is 10.00. The normalized spacial score (nSPS) is 16.5. The van der Waals surface area contributed by atoms with Crippen LogP contribution in [0.2, 0.25) is 0 Å². The number of alkyl halides is 3. The van der Waals surface area contributed by atoms with Gasteiger partial charge in [0.2, 0.25) is 10.0 Å². The van der Waals surface area contributed by atoms with Gasteiger partial charge in [0.1, 0.15) is 28.5 Å². The van der Waals surface area contributed by atoms with Gasteiger partial charge in [0.15, 0.2) is 5.82 Å². The van der Waals surface area contributed by atoms with Gasteiger partial charge >= 0.3 is 6.18 Å². The SMILES string of the molecule is CC(NS(=O)(=O)c1cnc(-c2c(C#N)c3ccc(F)cc3n2C2CCCCC2)nc1)C(F)(F)F. The Morgan fingerprint density at radius 1 is 1.18 bits per heavy atom. The molecule has 1 saturated carbocycles. The molecule has 3 aromatic rings. The highest BCUT2D eigenvalue weighted by atomic mass is 32.2. The summed E-state index contributed by atoms with van der Waals surface area (Å²) in [6, 6.07) is 3.90. The maximum Gasteiger partial charge on any atom is 0.404 e. The highest BCUT2D eigenvalue weighted by Crippen LogP contribution is 2.39. The molecule has 1 aromatic carbocycles. The van der Waals surface area contributed by atoms with Crippen LogP contribution in [-0.4, -0.2) is 35.2 Å². The second-order valence-electron chi connectivity index (χ2n) is 8.29. The molecule has 34 heavy (non-hydrogen) atoms. The van der Waals surface area contributed by atoms with Gasteiger partial charge in [-0.15, -0.1) is 0 Å². The molecular weight excluding hydrogens is 474 g/mol. The van der Waals surface area contributed by atoms with Crippen molar-refractivity contribution in [2.45, 2.75) is 62.2 Å². The molecule has 0 bridgehead atoms. The first-order chi connectivity index (χ1) is 16.0. The number of nitriles is 1. The van der Waals surface area contributed by atoms with E-state index in [9.17, 15) is 31.2 Å². The molecule has 180 valence electrons. The Labute approximate surface area is 193 Å². The van der Waals surface area contributed by atoms with Crippen LogP contribution in [-0.2, 0) is 10.0 Å². The van der Waals surface area contributed by atoms with Gasteiger partial charge in [-0.05, 0) is 38.0 Å². The van der Waals surface area contributed by atoms with Gasteiger partial charge in [-0.1, -0.05) is 19.3 Å². The van der Waals surface area contributed by atoms with Crippen LogP contribution in [0.3, 0.4) is 0 Å². The predicted octanol–water partition coefficient (Wildman–Crippen LogP) is 4.84. The molecule has 2 heterocycles. The van der Waals surface area contributed by atoms with Crippen LogP contribution in [0.1, 0.15) is 50.6 Å². The summed E-state index contributed by atoms with van der Waals surface area (Å²) in [5.41, 5.74) is 1.06. The van der Waals surface area contributed by atoms with Crippen LogP contribution < -0.4 is 4.72 Å². The standard InChI is InChI=1S/C22H21F4N5O2S/c1-13(22(24,25)26)30-34(32,33)16-11-28-21(29-12-16)20-18(10-27)17-8-7-14(23)9-19(17)31(20)15-5-3-2-4-6-15/h7-9,11-13,15,30H,2-6H2,1H3. The van der Waals surface area contributed by atoms with E-state index in [0.29, 0.717) is 23.5 Å². The highest BCUT2D eigenvalue weighted by molar-refractivity contribution is 7.89. The lowest BCUT2D eigenvalue weighted by atomic mass is 9.95. The molecule has 2 aromatic heterocycles. The fourth-order valence-electron chi connectivity index (χ4n) is 4.28. The van der Waals surface area contributed by atoms with Crippen LogP contribution in [0.4, 0.5) is 17.6 Å². The van der Waals surface area contributed by atoms with Crippen molar-refractivity contribution < 1.29 is 26.0 Å². The third-order valence-corrected chi connectivity index (χ3v) is 7.49. The monoisotopic (exact) mass is 495 g/mol. The van der Waals surface area contributed by atoms with E-state index >= 15 is 0 Å². The van der Waals surface area contributed by atoms with E-state index in [1.165, 1.54) is 18.2 Å². The molecule has 0 spiro atoms. The molecule has 0 aliphatic heterocycles. The number of halogens is 4. The third-order valence-electron chi connectivity index (χ3n) is 5.99. The number of nitrogens with one attached hydrogen (secondary N) is 1. The summed E-state index contributed by atoms with van der Waals surface area (Å²) in [5, 5.41) is 10.4. The zero-order valence-electron chi connectivity index (χ0n) is 18.1. The summed E-state index contributed by atoms with van der Waals surface area (Å²) in [5.74, 6) is -0.438. The molecule has 7 nitrogen and oxygen atoms in total. The number of aromatic nitrogens is 3. The average Bonchev–Trinajstić information content (AvgIpc) is 3.12. The first kappa shape index (κ1) is 24.1. The van der Waals surface area contributed by atoms with Gasteiger partial charge in [-0.3, -0.25) is 0 Å².